The van der Waals surface area contributed by atoms with Gasteiger partial charge in [0.15, 0.2) is 0 Å². The van der Waals surface area contributed by atoms with E-state index in [1.54, 1.807) is 0 Å². The van der Waals surface area contributed by atoms with Crippen LogP contribution >= 0.6 is 0 Å². The maximum atomic E-state index is 10.3. The predicted octanol–water partition coefficient (Wildman–Crippen LogP) is 29.0. The van der Waals surface area contributed by atoms with Crippen molar-refractivity contribution in [1.29, 1.82) is 0 Å². The third kappa shape index (κ3) is 161. The normalized spacial score (nSPS) is 10.1. The summed E-state index contributed by atoms with van der Waals surface area (Å²) in [7, 11) is 0. The first-order valence-corrected chi connectivity index (χ1v) is 44.9. The van der Waals surface area contributed by atoms with Gasteiger partial charge in [0.05, 0.1) is 0 Å². The first-order valence-electron chi connectivity index (χ1n) is 44.9. The molecule has 0 saturated heterocycles. The van der Waals surface area contributed by atoms with E-state index in [2.05, 4.69) is 34.6 Å². The zero-order chi connectivity index (χ0) is 74.5. The minimum atomic E-state index is -0.653. The van der Waals surface area contributed by atoms with E-state index in [-0.39, 0.29) is 161 Å². The summed E-state index contributed by atoms with van der Waals surface area (Å²) in [6.07, 6.45) is 101. The largest absolute Gasteiger partial charge is 2.00 e. The van der Waals surface area contributed by atoms with Gasteiger partial charge < -0.3 is 25.5 Å². The van der Waals surface area contributed by atoms with Gasteiger partial charge in [-0.3, -0.25) is 24.0 Å². The monoisotopic (exact) mass is 1590 g/mol. The van der Waals surface area contributed by atoms with Crippen molar-refractivity contribution >= 4 is 191 Å². The van der Waals surface area contributed by atoms with Gasteiger partial charge >= 0.3 is 191 Å². The van der Waals surface area contributed by atoms with E-state index < -0.39 is 29.8 Å². The van der Waals surface area contributed by atoms with E-state index in [4.69, 9.17) is 25.5 Å². The summed E-state index contributed by atoms with van der Waals surface area (Å²) in [4.78, 5) is 51.7. The Hall–Kier alpha value is 2.71. The molecule has 0 aliphatic rings. The van der Waals surface area contributed by atoms with Crippen LogP contribution in [0, 0.1) is 0 Å². The molecular formula is C90H180Mg7O10+14. The van der Waals surface area contributed by atoms with E-state index in [0.717, 1.165) is 64.2 Å². The summed E-state index contributed by atoms with van der Waals surface area (Å²) in [5.41, 5.74) is 0. The van der Waals surface area contributed by atoms with Gasteiger partial charge in [-0.25, -0.2) is 0 Å². The first-order chi connectivity index (χ1) is 48.9. The molecule has 0 amide bonds. The summed E-state index contributed by atoms with van der Waals surface area (Å²) in [5, 5.41) is 42.6. The van der Waals surface area contributed by atoms with E-state index in [9.17, 15) is 24.0 Å². The summed E-state index contributed by atoms with van der Waals surface area (Å²) < 4.78 is 0. The quantitative estimate of drug-likeness (QED) is 0.0290. The fourth-order valence-corrected chi connectivity index (χ4v) is 13.2. The summed E-state index contributed by atoms with van der Waals surface area (Å²) in [5.74, 6) is -3.27. The minimum Gasteiger partial charge on any atom is -0.481 e. The Balaban J connectivity index is -0.000000104. The Kier molecular flexibility index (Phi) is 168. The fourth-order valence-electron chi connectivity index (χ4n) is 13.2. The van der Waals surface area contributed by atoms with Gasteiger partial charge in [-0.05, 0) is 32.1 Å². The van der Waals surface area contributed by atoms with Crippen LogP contribution in [-0.4, -0.2) is 217 Å². The van der Waals surface area contributed by atoms with Gasteiger partial charge in [0.25, 0.3) is 0 Å². The van der Waals surface area contributed by atoms with E-state index in [0.29, 0.717) is 32.1 Å². The number of carboxylic acids is 5. The molecule has 0 aliphatic heterocycles. The molecule has 0 aliphatic carbocycles. The van der Waals surface area contributed by atoms with Crippen molar-refractivity contribution in [2.75, 3.05) is 0 Å². The van der Waals surface area contributed by atoms with Gasteiger partial charge in [0.2, 0.25) is 0 Å². The Bertz CT molecular complexity index is 1300. The smallest absolute Gasteiger partial charge is 0.481 e. The summed E-state index contributed by atoms with van der Waals surface area (Å²) >= 11 is 0. The standard InChI is InChI=1S/5C18H36O2.7Mg/c5*1-2-3-4-5-6-7-8-9-10-11-12-13-14-15-16-17-18(19)20;;;;;;;/h5*2-17H2,1H3,(H,19,20);;;;;;;/q;;;;;7*+2. The van der Waals surface area contributed by atoms with E-state index in [1.807, 2.05) is 0 Å². The molecule has 0 fully saturated rings. The number of rotatable bonds is 80. The van der Waals surface area contributed by atoms with Gasteiger partial charge in [-0.1, -0.05) is 484 Å². The molecule has 0 spiro atoms. The van der Waals surface area contributed by atoms with Crippen LogP contribution in [0.25, 0.3) is 0 Å². The van der Waals surface area contributed by atoms with Crippen LogP contribution in [0.2, 0.25) is 0 Å². The molecule has 0 saturated carbocycles. The molecule has 0 atom stereocenters. The Morgan fingerprint density at radius 2 is 0.178 bits per heavy atom. The summed E-state index contributed by atoms with van der Waals surface area (Å²) in [6.45, 7) is 11.4. The average molecular weight is 1590 g/mol. The van der Waals surface area contributed by atoms with Crippen molar-refractivity contribution < 1.29 is 49.5 Å². The van der Waals surface area contributed by atoms with Gasteiger partial charge in [-0.2, -0.15) is 0 Å². The van der Waals surface area contributed by atoms with Crippen LogP contribution in [-0.2, 0) is 24.0 Å². The molecule has 0 unspecified atom stereocenters. The molecular weight excluding hydrogens is 1410 g/mol. The van der Waals surface area contributed by atoms with Gasteiger partial charge in [0.1, 0.15) is 0 Å². The predicted molar refractivity (Wildman–Crippen MR) is 476 cm³/mol. The van der Waals surface area contributed by atoms with Crippen LogP contribution < -0.4 is 0 Å². The Morgan fingerprint density at radius 3 is 0.234 bits per heavy atom. The van der Waals surface area contributed by atoms with Crippen LogP contribution in [0.3, 0.4) is 0 Å². The van der Waals surface area contributed by atoms with Crippen molar-refractivity contribution in [3.05, 3.63) is 0 Å². The van der Waals surface area contributed by atoms with Crippen molar-refractivity contribution in [1.82, 2.24) is 0 Å². The third-order valence-electron chi connectivity index (χ3n) is 20.0. The zero-order valence-electron chi connectivity index (χ0n) is 73.3. The van der Waals surface area contributed by atoms with Crippen molar-refractivity contribution in [2.24, 2.45) is 0 Å². The second kappa shape index (κ2) is 132. The van der Waals surface area contributed by atoms with Gasteiger partial charge in [-0.15, -0.1) is 0 Å². The molecule has 0 aromatic carbocycles. The molecule has 0 bridgehead atoms. The number of carboxylic acid groups (broad SMARTS) is 5. The minimum absolute atomic E-state index is 0. The molecule has 107 heavy (non-hydrogen) atoms. The third-order valence-corrected chi connectivity index (χ3v) is 20.0. The molecule has 600 valence electrons. The van der Waals surface area contributed by atoms with Crippen molar-refractivity contribution in [3.8, 4) is 0 Å². The van der Waals surface area contributed by atoms with Crippen LogP contribution in [0.15, 0.2) is 0 Å². The molecule has 10 nitrogen and oxygen atoms in total. The first kappa shape index (κ1) is 136. The molecule has 0 heterocycles. The van der Waals surface area contributed by atoms with E-state index in [1.165, 1.54) is 417 Å². The summed E-state index contributed by atoms with van der Waals surface area (Å²) in [6, 6.07) is 0. The molecule has 0 aromatic rings. The Morgan fingerprint density at radius 1 is 0.121 bits per heavy atom. The average Bonchev–Trinajstić information content (AvgIpc) is 2.91. The molecule has 17 heteroatoms. The zero-order valence-corrected chi connectivity index (χ0v) is 83.2. The van der Waals surface area contributed by atoms with Crippen molar-refractivity contribution in [2.45, 2.75) is 548 Å². The molecule has 0 aromatic heterocycles. The second-order valence-corrected chi connectivity index (χ2v) is 30.5. The van der Waals surface area contributed by atoms with Gasteiger partial charge in [0, 0.05) is 32.1 Å². The maximum absolute atomic E-state index is 10.3. The SMILES string of the molecule is CCCCCCCCCCCCCCCCCC(=O)O.CCCCCCCCCCCCCCCCCC(=O)O.CCCCCCCCCCCCCCCCCC(=O)O.CCCCCCCCCCCCCCCCCC(=O)O.CCCCCCCCCCCCCCCCCC(=O)O.[Mg+2].[Mg+2].[Mg+2].[Mg+2].[Mg+2].[Mg+2].[Mg+2]. The second-order valence-electron chi connectivity index (χ2n) is 30.5. The number of unbranched alkanes of at least 4 members (excludes halogenated alkanes) is 70. The van der Waals surface area contributed by atoms with Crippen molar-refractivity contribution in [3.63, 3.8) is 0 Å². The molecule has 5 N–H and O–H groups in total. The number of aliphatic carboxylic acids is 5. The molecule has 0 rings (SSSR count). The number of hydrogen-bond acceptors (Lipinski definition) is 5. The number of carbonyl (C=O) groups is 5. The molecule has 0 radical (unpaired) electrons. The Labute approximate surface area is 780 Å². The number of hydrogen-bond donors (Lipinski definition) is 5. The fraction of sp³-hybridized carbons (Fsp3) is 0.944. The van der Waals surface area contributed by atoms with Crippen LogP contribution in [0.4, 0.5) is 0 Å². The van der Waals surface area contributed by atoms with Crippen LogP contribution in [0.1, 0.15) is 548 Å². The van der Waals surface area contributed by atoms with Crippen LogP contribution in [0.5, 0.6) is 0 Å². The topological polar surface area (TPSA) is 186 Å². The van der Waals surface area contributed by atoms with E-state index >= 15 is 0 Å². The maximum Gasteiger partial charge on any atom is 2.00 e.